The zero-order chi connectivity index (χ0) is 15.4. The van der Waals surface area contributed by atoms with Crippen LogP contribution in [0, 0.1) is 0 Å². The molecule has 1 aromatic heterocycles. The summed E-state index contributed by atoms with van der Waals surface area (Å²) >= 11 is 9.56. The highest BCUT2D eigenvalue weighted by Crippen LogP contribution is 2.32. The molecule has 1 unspecified atom stereocenters. The molecule has 4 nitrogen and oxygen atoms in total. The van der Waals surface area contributed by atoms with Gasteiger partial charge in [0, 0.05) is 11.8 Å². The predicted octanol–water partition coefficient (Wildman–Crippen LogP) is 3.79. The van der Waals surface area contributed by atoms with Crippen molar-refractivity contribution in [3.05, 3.63) is 51.1 Å². The van der Waals surface area contributed by atoms with Crippen LogP contribution in [0.25, 0.3) is 0 Å². The lowest BCUT2D eigenvalue weighted by Crippen LogP contribution is -2.23. The summed E-state index contributed by atoms with van der Waals surface area (Å²) in [5.74, 6) is 1.25. The molecule has 2 aromatic rings. The van der Waals surface area contributed by atoms with Gasteiger partial charge < -0.3 is 15.8 Å². The molecule has 2 rings (SSSR count). The molecule has 6 heteroatoms. The molecule has 0 aliphatic heterocycles. The quantitative estimate of drug-likeness (QED) is 0.840. The lowest BCUT2D eigenvalue weighted by Gasteiger charge is -2.21. The number of nitrogens with zero attached hydrogens (tertiary/aromatic N) is 1. The molecule has 1 atom stereocenters. The van der Waals surface area contributed by atoms with E-state index in [9.17, 15) is 0 Å². The molecule has 0 spiro atoms. The molecule has 0 aliphatic rings. The Kier molecular flexibility index (Phi) is 5.45. The van der Waals surface area contributed by atoms with E-state index < -0.39 is 0 Å². The minimum Gasteiger partial charge on any atom is -0.496 e. The van der Waals surface area contributed by atoms with Crippen LogP contribution in [0.1, 0.15) is 24.1 Å². The molecule has 0 saturated heterocycles. The number of nitrogen functional groups attached to an aromatic ring is 1. The number of hydrogen-bond acceptors (Lipinski definition) is 4. The SMILES string of the molecule is CCNC(c1ccc(OC)c(Br)c1)c1cc(Cl)cnc1N. The normalized spacial score (nSPS) is 12.2. The molecule has 0 aliphatic carbocycles. The van der Waals surface area contributed by atoms with Crippen LogP contribution in [0.2, 0.25) is 5.02 Å². The fourth-order valence-electron chi connectivity index (χ4n) is 2.17. The third-order valence-electron chi connectivity index (χ3n) is 3.14. The molecule has 0 bridgehead atoms. The Hall–Kier alpha value is -1.30. The number of rotatable bonds is 5. The molecule has 0 radical (unpaired) electrons. The van der Waals surface area contributed by atoms with E-state index in [0.717, 1.165) is 27.9 Å². The van der Waals surface area contributed by atoms with Crippen molar-refractivity contribution in [2.75, 3.05) is 19.4 Å². The van der Waals surface area contributed by atoms with Crippen molar-refractivity contribution in [3.8, 4) is 5.75 Å². The Morgan fingerprint density at radius 2 is 2.19 bits per heavy atom. The zero-order valence-corrected chi connectivity index (χ0v) is 14.2. The number of nitrogens with one attached hydrogen (secondary N) is 1. The highest BCUT2D eigenvalue weighted by atomic mass is 79.9. The Labute approximate surface area is 137 Å². The molecule has 3 N–H and O–H groups in total. The van der Waals surface area contributed by atoms with Gasteiger partial charge in [-0.15, -0.1) is 0 Å². The lowest BCUT2D eigenvalue weighted by molar-refractivity contribution is 0.412. The van der Waals surface area contributed by atoms with Gasteiger partial charge in [0.1, 0.15) is 11.6 Å². The largest absolute Gasteiger partial charge is 0.496 e. The number of nitrogens with two attached hydrogens (primary N) is 1. The number of methoxy groups -OCH3 is 1. The van der Waals surface area contributed by atoms with Crippen molar-refractivity contribution in [2.24, 2.45) is 0 Å². The van der Waals surface area contributed by atoms with Crippen LogP contribution < -0.4 is 15.8 Å². The maximum Gasteiger partial charge on any atom is 0.133 e. The summed E-state index contributed by atoms with van der Waals surface area (Å²) in [5, 5.41) is 3.97. The highest BCUT2D eigenvalue weighted by Gasteiger charge is 2.18. The van der Waals surface area contributed by atoms with Crippen LogP contribution in [0.5, 0.6) is 5.75 Å². The molecule has 0 saturated carbocycles. The number of halogens is 2. The van der Waals surface area contributed by atoms with E-state index in [1.165, 1.54) is 0 Å². The minimum atomic E-state index is -0.0802. The Morgan fingerprint density at radius 3 is 2.81 bits per heavy atom. The second-order valence-corrected chi connectivity index (χ2v) is 5.80. The second kappa shape index (κ2) is 7.11. The van der Waals surface area contributed by atoms with E-state index in [1.807, 2.05) is 31.2 Å². The maximum atomic E-state index is 6.05. The van der Waals surface area contributed by atoms with Crippen molar-refractivity contribution in [2.45, 2.75) is 13.0 Å². The first kappa shape index (κ1) is 16.1. The molecular formula is C15H17BrClN3O. The molecule has 1 aromatic carbocycles. The van der Waals surface area contributed by atoms with Gasteiger partial charge in [0.25, 0.3) is 0 Å². The third-order valence-corrected chi connectivity index (χ3v) is 3.97. The molecule has 21 heavy (non-hydrogen) atoms. The molecule has 1 heterocycles. The van der Waals surface area contributed by atoms with Gasteiger partial charge in [0.15, 0.2) is 0 Å². The first-order valence-corrected chi connectivity index (χ1v) is 7.71. The molecule has 0 fully saturated rings. The summed E-state index contributed by atoms with van der Waals surface area (Å²) in [5.41, 5.74) is 7.92. The minimum absolute atomic E-state index is 0.0802. The van der Waals surface area contributed by atoms with Crippen molar-refractivity contribution in [1.29, 1.82) is 0 Å². The monoisotopic (exact) mass is 369 g/mol. The summed E-state index contributed by atoms with van der Waals surface area (Å²) in [6.45, 7) is 2.83. The molecule has 112 valence electrons. The number of anilines is 1. The van der Waals surface area contributed by atoms with Crippen molar-refractivity contribution >= 4 is 33.3 Å². The lowest BCUT2D eigenvalue weighted by atomic mass is 9.99. The third kappa shape index (κ3) is 3.67. The molecular weight excluding hydrogens is 354 g/mol. The van der Waals surface area contributed by atoms with E-state index in [4.69, 9.17) is 22.1 Å². The fourth-order valence-corrected chi connectivity index (χ4v) is 2.90. The van der Waals surface area contributed by atoms with E-state index >= 15 is 0 Å². The summed E-state index contributed by atoms with van der Waals surface area (Å²) in [4.78, 5) is 4.13. The summed E-state index contributed by atoms with van der Waals surface area (Å²) < 4.78 is 6.15. The van der Waals surface area contributed by atoms with Crippen LogP contribution in [0.3, 0.4) is 0 Å². The van der Waals surface area contributed by atoms with E-state index in [2.05, 4.69) is 26.2 Å². The van der Waals surface area contributed by atoms with E-state index in [0.29, 0.717) is 10.8 Å². The Balaban J connectivity index is 2.48. The van der Waals surface area contributed by atoms with Gasteiger partial charge in [-0.1, -0.05) is 24.6 Å². The smallest absolute Gasteiger partial charge is 0.133 e. The van der Waals surface area contributed by atoms with Gasteiger partial charge in [-0.3, -0.25) is 0 Å². The van der Waals surface area contributed by atoms with Gasteiger partial charge >= 0.3 is 0 Å². The van der Waals surface area contributed by atoms with Crippen LogP contribution in [0.4, 0.5) is 5.82 Å². The van der Waals surface area contributed by atoms with Crippen molar-refractivity contribution in [1.82, 2.24) is 10.3 Å². The number of hydrogen-bond donors (Lipinski definition) is 2. The average molecular weight is 371 g/mol. The van der Waals surface area contributed by atoms with Gasteiger partial charge in [0.2, 0.25) is 0 Å². The van der Waals surface area contributed by atoms with Gasteiger partial charge in [0.05, 0.1) is 22.6 Å². The summed E-state index contributed by atoms with van der Waals surface area (Å²) in [7, 11) is 1.64. The first-order valence-electron chi connectivity index (χ1n) is 6.54. The van der Waals surface area contributed by atoms with Crippen LogP contribution >= 0.6 is 27.5 Å². The molecule has 0 amide bonds. The van der Waals surface area contributed by atoms with E-state index in [1.54, 1.807) is 13.3 Å². The Morgan fingerprint density at radius 1 is 1.43 bits per heavy atom. The van der Waals surface area contributed by atoms with Crippen molar-refractivity contribution in [3.63, 3.8) is 0 Å². The number of ether oxygens (including phenoxy) is 1. The van der Waals surface area contributed by atoms with Gasteiger partial charge in [-0.2, -0.15) is 0 Å². The zero-order valence-electron chi connectivity index (χ0n) is 11.9. The first-order chi connectivity index (χ1) is 10.1. The average Bonchev–Trinajstić information content (AvgIpc) is 2.47. The van der Waals surface area contributed by atoms with Gasteiger partial charge in [-0.25, -0.2) is 4.98 Å². The van der Waals surface area contributed by atoms with Crippen LogP contribution in [-0.4, -0.2) is 18.6 Å². The fraction of sp³-hybridized carbons (Fsp3) is 0.267. The highest BCUT2D eigenvalue weighted by molar-refractivity contribution is 9.10. The number of aromatic nitrogens is 1. The predicted molar refractivity (Wildman–Crippen MR) is 89.9 cm³/mol. The van der Waals surface area contributed by atoms with E-state index in [-0.39, 0.29) is 6.04 Å². The summed E-state index contributed by atoms with van der Waals surface area (Å²) in [6, 6.07) is 7.68. The van der Waals surface area contributed by atoms with Crippen LogP contribution in [-0.2, 0) is 0 Å². The van der Waals surface area contributed by atoms with Gasteiger partial charge in [-0.05, 0) is 46.2 Å². The topological polar surface area (TPSA) is 60.2 Å². The number of pyridine rings is 1. The van der Waals surface area contributed by atoms with Crippen molar-refractivity contribution < 1.29 is 4.74 Å². The number of benzene rings is 1. The second-order valence-electron chi connectivity index (χ2n) is 4.51. The van der Waals surface area contributed by atoms with Crippen LogP contribution in [0.15, 0.2) is 34.9 Å². The summed E-state index contributed by atoms with van der Waals surface area (Å²) in [6.07, 6.45) is 1.55. The standard InChI is InChI=1S/C15H17BrClN3O/c1-3-19-14(11-7-10(17)8-20-15(11)18)9-4-5-13(21-2)12(16)6-9/h4-8,14,19H,3H2,1-2H3,(H2,18,20). The maximum absolute atomic E-state index is 6.05. The Bertz CT molecular complexity index is 636.